The maximum absolute atomic E-state index is 13.3. The molecule has 1 fully saturated rings. The second-order valence-electron chi connectivity index (χ2n) is 7.61. The molecule has 4 rings (SSSR count). The summed E-state index contributed by atoms with van der Waals surface area (Å²) in [4.78, 5) is 13.5. The fourth-order valence-electron chi connectivity index (χ4n) is 4.17. The van der Waals surface area contributed by atoms with Crippen molar-refractivity contribution < 1.29 is 13.2 Å². The summed E-state index contributed by atoms with van der Waals surface area (Å²) in [5.41, 5.74) is 1.49. The van der Waals surface area contributed by atoms with Crippen LogP contribution in [-0.4, -0.2) is 48.5 Å². The summed E-state index contributed by atoms with van der Waals surface area (Å²) in [6.45, 7) is 5.26. The van der Waals surface area contributed by atoms with Crippen LogP contribution < -0.4 is 5.32 Å². The largest absolute Gasteiger partial charge is 0.354 e. The second kappa shape index (κ2) is 8.13. The van der Waals surface area contributed by atoms with E-state index in [1.165, 1.54) is 15.6 Å². The lowest BCUT2D eigenvalue weighted by molar-refractivity contribution is 0.0966. The summed E-state index contributed by atoms with van der Waals surface area (Å²) in [7, 11) is -2.01. The normalized spacial score (nSPS) is 17.6. The van der Waals surface area contributed by atoms with Gasteiger partial charge in [0.05, 0.1) is 10.6 Å². The van der Waals surface area contributed by atoms with Crippen LogP contribution in [0.1, 0.15) is 46.6 Å². The van der Waals surface area contributed by atoms with Gasteiger partial charge in [-0.1, -0.05) is 25.1 Å². The Bertz CT molecular complexity index is 1200. The van der Waals surface area contributed by atoms with Crippen molar-refractivity contribution in [2.24, 2.45) is 0 Å². The standard InChI is InChI=1S/C21H26N4O3S2/c1-4-10-24-13-18(14(2)23-24)30(27,28)25-11-9-15(12-25)19-16-7-5-6-8-17(16)29-20(19)21(26)22-3/h5-8,13,15H,4,9-12H2,1-3H3,(H,22,26)/t15-/m1/s1. The molecule has 9 heteroatoms. The van der Waals surface area contributed by atoms with Crippen molar-refractivity contribution in [3.63, 3.8) is 0 Å². The van der Waals surface area contributed by atoms with Crippen molar-refractivity contribution in [1.82, 2.24) is 19.4 Å². The quantitative estimate of drug-likeness (QED) is 0.629. The Morgan fingerprint density at radius 1 is 1.33 bits per heavy atom. The van der Waals surface area contributed by atoms with Gasteiger partial charge in [-0.15, -0.1) is 11.3 Å². The van der Waals surface area contributed by atoms with E-state index in [0.717, 1.165) is 22.1 Å². The van der Waals surface area contributed by atoms with E-state index in [0.29, 0.717) is 36.6 Å². The molecule has 1 aromatic carbocycles. The van der Waals surface area contributed by atoms with Crippen molar-refractivity contribution >= 4 is 37.4 Å². The fourth-order valence-corrected chi connectivity index (χ4v) is 7.08. The molecule has 0 aliphatic carbocycles. The molecule has 1 amide bonds. The van der Waals surface area contributed by atoms with Gasteiger partial charge in [0.25, 0.3) is 5.91 Å². The average molecular weight is 447 g/mol. The van der Waals surface area contributed by atoms with Crippen molar-refractivity contribution in [3.05, 3.63) is 46.6 Å². The van der Waals surface area contributed by atoms with Gasteiger partial charge < -0.3 is 5.32 Å². The number of sulfonamides is 1. The molecule has 1 N–H and O–H groups in total. The van der Waals surface area contributed by atoms with Gasteiger partial charge in [-0.2, -0.15) is 9.40 Å². The molecule has 1 atom stereocenters. The van der Waals surface area contributed by atoms with E-state index >= 15 is 0 Å². The molecule has 2 aromatic heterocycles. The first-order chi connectivity index (χ1) is 14.4. The lowest BCUT2D eigenvalue weighted by Crippen LogP contribution is -2.29. The molecule has 0 bridgehead atoms. The summed E-state index contributed by atoms with van der Waals surface area (Å²) >= 11 is 1.47. The first-order valence-electron chi connectivity index (χ1n) is 10.1. The maximum Gasteiger partial charge on any atom is 0.261 e. The molecule has 1 aliphatic rings. The van der Waals surface area contributed by atoms with E-state index in [1.807, 2.05) is 31.2 Å². The van der Waals surface area contributed by atoms with Crippen LogP contribution >= 0.6 is 11.3 Å². The smallest absolute Gasteiger partial charge is 0.261 e. The Morgan fingerprint density at radius 3 is 2.83 bits per heavy atom. The molecule has 0 saturated carbocycles. The molecule has 160 valence electrons. The SMILES string of the molecule is CCCn1cc(S(=O)(=O)N2CC[C@@H](c3c(C(=O)NC)sc4ccccc34)C2)c(C)n1. The number of hydrogen-bond donors (Lipinski definition) is 1. The number of carbonyl (C=O) groups excluding carboxylic acids is 1. The van der Waals surface area contributed by atoms with Gasteiger partial charge in [-0.3, -0.25) is 9.48 Å². The lowest BCUT2D eigenvalue weighted by atomic mass is 9.95. The third-order valence-electron chi connectivity index (χ3n) is 5.60. The van der Waals surface area contributed by atoms with E-state index in [4.69, 9.17) is 0 Å². The summed E-state index contributed by atoms with van der Waals surface area (Å²) in [5.74, 6) is -0.140. The Hall–Kier alpha value is -2.23. The Morgan fingerprint density at radius 2 is 2.10 bits per heavy atom. The van der Waals surface area contributed by atoms with Crippen molar-refractivity contribution in [2.75, 3.05) is 20.1 Å². The second-order valence-corrected chi connectivity index (χ2v) is 10.6. The van der Waals surface area contributed by atoms with Crippen LogP contribution in [0.2, 0.25) is 0 Å². The number of thiophene rings is 1. The number of nitrogens with zero attached hydrogens (tertiary/aromatic N) is 3. The van der Waals surface area contributed by atoms with E-state index in [2.05, 4.69) is 10.4 Å². The summed E-state index contributed by atoms with van der Waals surface area (Å²) in [5, 5.41) is 8.12. The molecule has 0 radical (unpaired) electrons. The molecule has 30 heavy (non-hydrogen) atoms. The van der Waals surface area contributed by atoms with Gasteiger partial charge in [0.1, 0.15) is 4.90 Å². The summed E-state index contributed by atoms with van der Waals surface area (Å²) in [6, 6.07) is 7.94. The number of rotatable bonds is 6. The van der Waals surface area contributed by atoms with E-state index < -0.39 is 10.0 Å². The van der Waals surface area contributed by atoms with E-state index in [1.54, 1.807) is 24.9 Å². The average Bonchev–Trinajstić information content (AvgIpc) is 3.44. The Kier molecular flexibility index (Phi) is 5.69. The van der Waals surface area contributed by atoms with Crippen molar-refractivity contribution in [2.45, 2.75) is 44.0 Å². The van der Waals surface area contributed by atoms with Crippen LogP contribution in [0.25, 0.3) is 10.1 Å². The molecule has 1 aliphatic heterocycles. The fraction of sp³-hybridized carbons (Fsp3) is 0.429. The van der Waals surface area contributed by atoms with Crippen LogP contribution in [0.3, 0.4) is 0 Å². The third kappa shape index (κ3) is 3.55. The number of carbonyl (C=O) groups is 1. The lowest BCUT2D eigenvalue weighted by Gasteiger charge is -2.16. The van der Waals surface area contributed by atoms with Crippen molar-refractivity contribution in [3.8, 4) is 0 Å². The van der Waals surface area contributed by atoms with Crippen molar-refractivity contribution in [1.29, 1.82) is 0 Å². The monoisotopic (exact) mass is 446 g/mol. The first kappa shape index (κ1) is 21.0. The maximum atomic E-state index is 13.3. The Labute approximate surface area is 180 Å². The first-order valence-corrected chi connectivity index (χ1v) is 12.4. The third-order valence-corrected chi connectivity index (χ3v) is 8.75. The zero-order valence-electron chi connectivity index (χ0n) is 17.4. The van der Waals surface area contributed by atoms with Crippen LogP contribution in [0.4, 0.5) is 0 Å². The van der Waals surface area contributed by atoms with Gasteiger partial charge in [0.15, 0.2) is 0 Å². The molecule has 3 heterocycles. The zero-order valence-corrected chi connectivity index (χ0v) is 19.0. The van der Waals surface area contributed by atoms with Gasteiger partial charge in [0, 0.05) is 43.5 Å². The van der Waals surface area contributed by atoms with Crippen LogP contribution in [-0.2, 0) is 16.6 Å². The summed E-state index contributed by atoms with van der Waals surface area (Å²) < 4.78 is 30.9. The topological polar surface area (TPSA) is 84.3 Å². The minimum Gasteiger partial charge on any atom is -0.354 e. The highest BCUT2D eigenvalue weighted by atomic mass is 32.2. The van der Waals surface area contributed by atoms with E-state index in [-0.39, 0.29) is 16.7 Å². The number of benzene rings is 1. The van der Waals surface area contributed by atoms with Gasteiger partial charge >= 0.3 is 0 Å². The predicted molar refractivity (Wildman–Crippen MR) is 119 cm³/mol. The van der Waals surface area contributed by atoms with Crippen LogP contribution in [0.15, 0.2) is 35.4 Å². The molecule has 0 spiro atoms. The minimum absolute atomic E-state index is 0.0192. The number of nitrogens with one attached hydrogen (secondary N) is 1. The van der Waals surface area contributed by atoms with Crippen LogP contribution in [0, 0.1) is 6.92 Å². The number of hydrogen-bond acceptors (Lipinski definition) is 5. The Balaban J connectivity index is 1.68. The zero-order chi connectivity index (χ0) is 21.5. The highest BCUT2D eigenvalue weighted by molar-refractivity contribution is 7.89. The van der Waals surface area contributed by atoms with Gasteiger partial charge in [0.2, 0.25) is 10.0 Å². The molecular formula is C21H26N4O3S2. The molecule has 3 aromatic rings. The van der Waals surface area contributed by atoms with Crippen LogP contribution in [0.5, 0.6) is 0 Å². The highest BCUT2D eigenvalue weighted by Gasteiger charge is 2.37. The molecular weight excluding hydrogens is 420 g/mol. The van der Waals surface area contributed by atoms with E-state index in [9.17, 15) is 13.2 Å². The summed E-state index contributed by atoms with van der Waals surface area (Å²) in [6.07, 6.45) is 3.21. The highest BCUT2D eigenvalue weighted by Crippen LogP contribution is 2.41. The minimum atomic E-state index is -3.63. The van der Waals surface area contributed by atoms with Gasteiger partial charge in [-0.25, -0.2) is 8.42 Å². The molecule has 7 nitrogen and oxygen atoms in total. The number of aromatic nitrogens is 2. The van der Waals surface area contributed by atoms with Gasteiger partial charge in [-0.05, 0) is 36.8 Å². The number of fused-ring (bicyclic) bond motifs is 1. The number of amides is 1. The number of aryl methyl sites for hydroxylation is 2. The molecule has 0 unspecified atom stereocenters. The predicted octanol–water partition coefficient (Wildman–Crippen LogP) is 3.35. The molecule has 1 saturated heterocycles.